The van der Waals surface area contributed by atoms with Crippen LogP contribution in [0.15, 0.2) is 30.3 Å². The van der Waals surface area contributed by atoms with Crippen LogP contribution in [0.3, 0.4) is 0 Å². The normalized spacial score (nSPS) is 19.0. The van der Waals surface area contributed by atoms with E-state index in [1.807, 2.05) is 25.1 Å². The third kappa shape index (κ3) is 3.86. The van der Waals surface area contributed by atoms with Gasteiger partial charge in [-0.3, -0.25) is 14.7 Å². The zero-order valence-electron chi connectivity index (χ0n) is 13.6. The van der Waals surface area contributed by atoms with Crippen molar-refractivity contribution in [3.63, 3.8) is 0 Å². The summed E-state index contributed by atoms with van der Waals surface area (Å²) in [4.78, 5) is 18.4. The van der Waals surface area contributed by atoms with Crippen molar-refractivity contribution in [1.29, 1.82) is 0 Å². The average Bonchev–Trinajstić information content (AvgIpc) is 2.55. The van der Waals surface area contributed by atoms with Crippen LogP contribution in [-0.2, 0) is 20.8 Å². The number of benzene rings is 1. The second kappa shape index (κ2) is 7.06. The highest BCUT2D eigenvalue weighted by Gasteiger charge is 2.23. The van der Waals surface area contributed by atoms with E-state index < -0.39 is 0 Å². The fourth-order valence-corrected chi connectivity index (χ4v) is 3.08. The Bertz CT molecular complexity index is 702. The van der Waals surface area contributed by atoms with E-state index in [9.17, 15) is 4.79 Å². The van der Waals surface area contributed by atoms with Gasteiger partial charge in [0.05, 0.1) is 31.8 Å². The molecule has 1 fully saturated rings. The van der Waals surface area contributed by atoms with Crippen molar-refractivity contribution in [1.82, 2.24) is 9.88 Å². The highest BCUT2D eigenvalue weighted by molar-refractivity contribution is 5.82. The second-order valence-corrected chi connectivity index (χ2v) is 5.95. The Kier molecular flexibility index (Phi) is 4.88. The molecule has 0 spiro atoms. The summed E-state index contributed by atoms with van der Waals surface area (Å²) >= 11 is 0. The number of ether oxygens (including phenoxy) is 2. The molecule has 1 aromatic heterocycles. The summed E-state index contributed by atoms with van der Waals surface area (Å²) in [6.07, 6.45) is 0.216. The zero-order chi connectivity index (χ0) is 16.2. The first-order chi connectivity index (χ1) is 11.2. The van der Waals surface area contributed by atoms with E-state index in [4.69, 9.17) is 9.47 Å². The van der Waals surface area contributed by atoms with Gasteiger partial charge in [-0.05, 0) is 24.6 Å². The number of carbonyl (C=O) groups is 1. The molecule has 1 aliphatic heterocycles. The van der Waals surface area contributed by atoms with Gasteiger partial charge < -0.3 is 9.47 Å². The Balaban J connectivity index is 1.75. The number of aromatic nitrogens is 1. The van der Waals surface area contributed by atoms with E-state index >= 15 is 0 Å². The number of hydrogen-bond donors (Lipinski definition) is 0. The number of morpholine rings is 1. The predicted molar refractivity (Wildman–Crippen MR) is 88.1 cm³/mol. The number of esters is 1. The lowest BCUT2D eigenvalue weighted by atomic mass is 10.1. The minimum atomic E-state index is -0.220. The van der Waals surface area contributed by atoms with E-state index in [1.165, 1.54) is 18.1 Å². The Hall–Kier alpha value is -1.98. The van der Waals surface area contributed by atoms with Crippen LogP contribution >= 0.6 is 0 Å². The Morgan fingerprint density at radius 3 is 3.09 bits per heavy atom. The first-order valence-electron chi connectivity index (χ1n) is 7.92. The molecule has 5 nitrogen and oxygen atoms in total. The number of para-hydroxylation sites is 1. The summed E-state index contributed by atoms with van der Waals surface area (Å²) in [6.45, 7) is 5.11. The largest absolute Gasteiger partial charge is 0.469 e. The summed E-state index contributed by atoms with van der Waals surface area (Å²) in [5.74, 6) is -0.220. The fourth-order valence-electron chi connectivity index (χ4n) is 3.08. The van der Waals surface area contributed by atoms with E-state index in [-0.39, 0.29) is 12.1 Å². The highest BCUT2D eigenvalue weighted by Crippen LogP contribution is 2.21. The molecule has 1 atom stereocenters. The number of rotatable bonds is 4. The monoisotopic (exact) mass is 314 g/mol. The van der Waals surface area contributed by atoms with Crippen LogP contribution in [0.25, 0.3) is 10.9 Å². The van der Waals surface area contributed by atoms with Gasteiger partial charge in [0.15, 0.2) is 0 Å². The molecule has 0 bridgehead atoms. The lowest BCUT2D eigenvalue weighted by Crippen LogP contribution is -2.42. The maximum absolute atomic E-state index is 11.4. The minimum Gasteiger partial charge on any atom is -0.469 e. The molecule has 0 unspecified atom stereocenters. The first-order valence-corrected chi connectivity index (χ1v) is 7.92. The highest BCUT2D eigenvalue weighted by atomic mass is 16.5. The van der Waals surface area contributed by atoms with Crippen LogP contribution in [-0.4, -0.2) is 48.8 Å². The fraction of sp³-hybridized carbons (Fsp3) is 0.444. The molecular weight excluding hydrogens is 292 g/mol. The smallest absolute Gasteiger partial charge is 0.308 e. The number of nitrogens with zero attached hydrogens (tertiary/aromatic N) is 2. The van der Waals surface area contributed by atoms with E-state index in [0.717, 1.165) is 30.8 Å². The molecule has 3 rings (SSSR count). The van der Waals surface area contributed by atoms with Gasteiger partial charge in [0.1, 0.15) is 0 Å². The van der Waals surface area contributed by atoms with Gasteiger partial charge >= 0.3 is 5.97 Å². The summed E-state index contributed by atoms with van der Waals surface area (Å²) in [7, 11) is 1.41. The van der Waals surface area contributed by atoms with Crippen LogP contribution < -0.4 is 0 Å². The number of hydrogen-bond acceptors (Lipinski definition) is 5. The standard InChI is InChI=1S/C18H22N2O3/c1-13-9-14(16-5-3-4-6-17(16)19-13)11-20-7-8-23-15(12-20)10-18(21)22-2/h3-6,9,15H,7-8,10-12H2,1-2H3/t15-/m0/s1. The maximum Gasteiger partial charge on any atom is 0.308 e. The molecule has 122 valence electrons. The molecule has 1 aliphatic rings. The molecule has 0 N–H and O–H groups in total. The molecule has 0 aliphatic carbocycles. The lowest BCUT2D eigenvalue weighted by molar-refractivity contribution is -0.145. The average molecular weight is 314 g/mol. The van der Waals surface area contributed by atoms with Gasteiger partial charge in [0.2, 0.25) is 0 Å². The van der Waals surface area contributed by atoms with Crippen molar-refractivity contribution in [2.45, 2.75) is 26.0 Å². The van der Waals surface area contributed by atoms with Gasteiger partial charge in [-0.25, -0.2) is 0 Å². The lowest BCUT2D eigenvalue weighted by Gasteiger charge is -2.32. The second-order valence-electron chi connectivity index (χ2n) is 5.95. The first kappa shape index (κ1) is 15.9. The van der Waals surface area contributed by atoms with Gasteiger partial charge in [-0.15, -0.1) is 0 Å². The minimum absolute atomic E-state index is 0.0922. The van der Waals surface area contributed by atoms with Crippen molar-refractivity contribution >= 4 is 16.9 Å². The van der Waals surface area contributed by atoms with Gasteiger partial charge in [-0.1, -0.05) is 18.2 Å². The molecule has 2 aromatic rings. The Morgan fingerprint density at radius 1 is 1.43 bits per heavy atom. The molecule has 0 radical (unpaired) electrons. The van der Waals surface area contributed by atoms with E-state index in [1.54, 1.807) is 0 Å². The molecule has 1 saturated heterocycles. The molecule has 1 aromatic carbocycles. The van der Waals surface area contributed by atoms with Gasteiger partial charge in [0, 0.05) is 30.7 Å². The SMILES string of the molecule is COC(=O)C[C@H]1CN(Cc2cc(C)nc3ccccc23)CCO1. The maximum atomic E-state index is 11.4. The van der Waals surface area contributed by atoms with Gasteiger partial charge in [-0.2, -0.15) is 0 Å². The van der Waals surface area contributed by atoms with Crippen molar-refractivity contribution in [3.05, 3.63) is 41.6 Å². The summed E-state index contributed by atoms with van der Waals surface area (Å²) in [5.41, 5.74) is 3.33. The summed E-state index contributed by atoms with van der Waals surface area (Å²) < 4.78 is 10.4. The van der Waals surface area contributed by atoms with Crippen LogP contribution in [0, 0.1) is 6.92 Å². The van der Waals surface area contributed by atoms with E-state index in [0.29, 0.717) is 13.0 Å². The number of methoxy groups -OCH3 is 1. The predicted octanol–water partition coefficient (Wildman–Crippen LogP) is 2.31. The topological polar surface area (TPSA) is 51.7 Å². The number of pyridine rings is 1. The van der Waals surface area contributed by atoms with Crippen LogP contribution in [0.2, 0.25) is 0 Å². The van der Waals surface area contributed by atoms with Crippen molar-refractivity contribution in [3.8, 4) is 0 Å². The Labute approximate surface area is 136 Å². The van der Waals surface area contributed by atoms with Crippen molar-refractivity contribution in [2.24, 2.45) is 0 Å². The van der Waals surface area contributed by atoms with Crippen molar-refractivity contribution < 1.29 is 14.3 Å². The number of carbonyl (C=O) groups excluding carboxylic acids is 1. The third-order valence-electron chi connectivity index (χ3n) is 4.17. The molecule has 2 heterocycles. The van der Waals surface area contributed by atoms with Crippen molar-refractivity contribution in [2.75, 3.05) is 26.8 Å². The Morgan fingerprint density at radius 2 is 2.26 bits per heavy atom. The zero-order valence-corrected chi connectivity index (χ0v) is 13.6. The number of fused-ring (bicyclic) bond motifs is 1. The van der Waals surface area contributed by atoms with Gasteiger partial charge in [0.25, 0.3) is 0 Å². The third-order valence-corrected chi connectivity index (χ3v) is 4.17. The van der Waals surface area contributed by atoms with Crippen LogP contribution in [0.5, 0.6) is 0 Å². The van der Waals surface area contributed by atoms with Crippen LogP contribution in [0.4, 0.5) is 0 Å². The van der Waals surface area contributed by atoms with E-state index in [2.05, 4.69) is 22.0 Å². The molecular formula is C18H22N2O3. The molecule has 5 heteroatoms. The summed E-state index contributed by atoms with van der Waals surface area (Å²) in [5, 5.41) is 1.19. The molecule has 23 heavy (non-hydrogen) atoms. The molecule has 0 saturated carbocycles. The molecule has 0 amide bonds. The quantitative estimate of drug-likeness (QED) is 0.811. The number of aryl methyl sites for hydroxylation is 1. The summed E-state index contributed by atoms with van der Waals surface area (Å²) in [6, 6.07) is 10.4. The van der Waals surface area contributed by atoms with Crippen LogP contribution in [0.1, 0.15) is 17.7 Å².